The predicted octanol–water partition coefficient (Wildman–Crippen LogP) is 3.69. The van der Waals surface area contributed by atoms with E-state index in [1.54, 1.807) is 39.0 Å². The van der Waals surface area contributed by atoms with E-state index in [-0.39, 0.29) is 25.3 Å². The molecule has 2 aromatic carbocycles. The van der Waals surface area contributed by atoms with Crippen molar-refractivity contribution in [3.63, 3.8) is 0 Å². The van der Waals surface area contributed by atoms with E-state index in [9.17, 15) is 19.2 Å². The van der Waals surface area contributed by atoms with Gasteiger partial charge in [0.15, 0.2) is 6.61 Å². The van der Waals surface area contributed by atoms with Crippen molar-refractivity contribution >= 4 is 29.8 Å². The molecule has 0 aliphatic carbocycles. The Bertz CT molecular complexity index is 1050. The van der Waals surface area contributed by atoms with E-state index < -0.39 is 42.3 Å². The van der Waals surface area contributed by atoms with Crippen LogP contribution in [-0.2, 0) is 25.7 Å². The summed E-state index contributed by atoms with van der Waals surface area (Å²) in [5.74, 6) is -1.39. The fraction of sp³-hybridized carbons (Fsp3) is 0.385. The number of aliphatic carboxylic acids is 1. The van der Waals surface area contributed by atoms with Crippen LogP contribution in [-0.4, -0.2) is 54.0 Å². The monoisotopic (exact) mass is 515 g/mol. The van der Waals surface area contributed by atoms with Gasteiger partial charge in [-0.1, -0.05) is 36.4 Å². The molecular formula is C26H33N3O8. The van der Waals surface area contributed by atoms with Crippen molar-refractivity contribution in [2.45, 2.75) is 51.9 Å². The summed E-state index contributed by atoms with van der Waals surface area (Å²) in [6.45, 7) is 4.93. The van der Waals surface area contributed by atoms with E-state index >= 15 is 0 Å². The molecule has 0 saturated heterocycles. The molecule has 37 heavy (non-hydrogen) atoms. The van der Waals surface area contributed by atoms with Crippen LogP contribution in [0.1, 0.15) is 39.2 Å². The number of carboxylic acids is 1. The number of rotatable bonds is 12. The molecule has 2 rings (SSSR count). The highest BCUT2D eigenvalue weighted by atomic mass is 16.6. The molecule has 0 spiro atoms. The van der Waals surface area contributed by atoms with Gasteiger partial charge in [-0.15, -0.1) is 0 Å². The Kier molecular flexibility index (Phi) is 11.2. The smallest absolute Gasteiger partial charge is 0.408 e. The maximum absolute atomic E-state index is 13.0. The summed E-state index contributed by atoms with van der Waals surface area (Å²) in [7, 11) is 0. The summed E-state index contributed by atoms with van der Waals surface area (Å²) in [6, 6.07) is 14.5. The van der Waals surface area contributed by atoms with Crippen LogP contribution in [0.2, 0.25) is 0 Å². The largest absolute Gasteiger partial charge is 0.482 e. The average Bonchev–Trinajstić information content (AvgIpc) is 2.83. The third kappa shape index (κ3) is 12.3. The van der Waals surface area contributed by atoms with Crippen LogP contribution in [0.5, 0.6) is 5.75 Å². The quantitative estimate of drug-likeness (QED) is 0.312. The van der Waals surface area contributed by atoms with Crippen LogP contribution < -0.4 is 20.7 Å². The summed E-state index contributed by atoms with van der Waals surface area (Å²) in [6.07, 6.45) is -0.806. The van der Waals surface area contributed by atoms with E-state index in [2.05, 4.69) is 16.0 Å². The van der Waals surface area contributed by atoms with Crippen molar-refractivity contribution in [3.05, 3.63) is 60.2 Å². The molecule has 200 valence electrons. The topological polar surface area (TPSA) is 152 Å². The Labute approximate surface area is 215 Å². The maximum Gasteiger partial charge on any atom is 0.408 e. The van der Waals surface area contributed by atoms with Gasteiger partial charge >= 0.3 is 18.2 Å². The lowest BCUT2D eigenvalue weighted by molar-refractivity contribution is -0.139. The second-order valence-corrected chi connectivity index (χ2v) is 9.03. The average molecular weight is 516 g/mol. The third-order valence-corrected chi connectivity index (χ3v) is 4.62. The first-order valence-electron chi connectivity index (χ1n) is 11.7. The highest BCUT2D eigenvalue weighted by molar-refractivity contribution is 5.96. The number of alkyl carbamates (subject to hydrolysis) is 2. The van der Waals surface area contributed by atoms with E-state index in [4.69, 9.17) is 19.3 Å². The van der Waals surface area contributed by atoms with Crippen LogP contribution in [0.4, 0.5) is 15.3 Å². The zero-order valence-electron chi connectivity index (χ0n) is 21.1. The molecule has 2 aromatic rings. The summed E-state index contributed by atoms with van der Waals surface area (Å²) < 4.78 is 15.6. The number of anilines is 1. The first-order valence-corrected chi connectivity index (χ1v) is 11.7. The summed E-state index contributed by atoms with van der Waals surface area (Å²) in [5.41, 5.74) is 0.449. The second-order valence-electron chi connectivity index (χ2n) is 9.03. The van der Waals surface area contributed by atoms with Crippen molar-refractivity contribution in [1.82, 2.24) is 10.6 Å². The Balaban J connectivity index is 1.92. The van der Waals surface area contributed by atoms with E-state index in [1.807, 2.05) is 30.3 Å². The van der Waals surface area contributed by atoms with Crippen LogP contribution in [0.15, 0.2) is 54.6 Å². The van der Waals surface area contributed by atoms with Gasteiger partial charge in [-0.05, 0) is 51.3 Å². The minimum Gasteiger partial charge on any atom is -0.482 e. The number of carbonyl (C=O) groups excluding carboxylic acids is 3. The van der Waals surface area contributed by atoms with Gasteiger partial charge in [0.1, 0.15) is 24.0 Å². The van der Waals surface area contributed by atoms with Gasteiger partial charge in [-0.3, -0.25) is 4.79 Å². The number of ether oxygens (including phenoxy) is 3. The molecule has 0 radical (unpaired) electrons. The number of benzene rings is 2. The molecule has 4 N–H and O–H groups in total. The number of carboxylic acid groups (broad SMARTS) is 1. The molecular weight excluding hydrogens is 482 g/mol. The lowest BCUT2D eigenvalue weighted by Crippen LogP contribution is -2.46. The molecule has 11 heteroatoms. The second kappa shape index (κ2) is 14.3. The zero-order chi connectivity index (χ0) is 27.3. The van der Waals surface area contributed by atoms with Crippen molar-refractivity contribution in [1.29, 1.82) is 0 Å². The van der Waals surface area contributed by atoms with Crippen molar-refractivity contribution in [2.24, 2.45) is 0 Å². The van der Waals surface area contributed by atoms with Gasteiger partial charge in [-0.25, -0.2) is 14.4 Å². The summed E-state index contributed by atoms with van der Waals surface area (Å²) in [5, 5.41) is 16.6. The van der Waals surface area contributed by atoms with E-state index in [0.717, 1.165) is 5.56 Å². The maximum atomic E-state index is 13.0. The van der Waals surface area contributed by atoms with Gasteiger partial charge < -0.3 is 35.3 Å². The van der Waals surface area contributed by atoms with Crippen molar-refractivity contribution in [3.8, 4) is 5.75 Å². The fourth-order valence-electron chi connectivity index (χ4n) is 3.03. The van der Waals surface area contributed by atoms with Crippen molar-refractivity contribution < 1.29 is 38.5 Å². The first kappa shape index (κ1) is 29.0. The van der Waals surface area contributed by atoms with Gasteiger partial charge in [-0.2, -0.15) is 0 Å². The Morgan fingerprint density at radius 2 is 1.70 bits per heavy atom. The SMILES string of the molecule is CC(C)(C)OC(=O)N[C@@H](CCCNC(=O)OCc1ccccc1)C(=O)Nc1cccc(OCC(=O)O)c1. The molecule has 0 unspecified atom stereocenters. The molecule has 0 fully saturated rings. The van der Waals surface area contributed by atoms with Gasteiger partial charge in [0, 0.05) is 18.3 Å². The number of carbonyl (C=O) groups is 4. The molecule has 0 aromatic heterocycles. The van der Waals surface area contributed by atoms with Crippen molar-refractivity contribution in [2.75, 3.05) is 18.5 Å². The lowest BCUT2D eigenvalue weighted by atomic mass is 10.1. The Morgan fingerprint density at radius 1 is 0.973 bits per heavy atom. The van der Waals surface area contributed by atoms with Gasteiger partial charge in [0.2, 0.25) is 5.91 Å². The standard InChI is InChI=1S/C26H33N3O8/c1-26(2,3)37-25(34)29-21(13-8-14-27-24(33)36-16-18-9-5-4-6-10-18)23(32)28-19-11-7-12-20(15-19)35-17-22(30)31/h4-7,9-12,15,21H,8,13-14,16-17H2,1-3H3,(H,27,33)(H,28,32)(H,29,34)(H,30,31)/t21-/m0/s1. The summed E-state index contributed by atoms with van der Waals surface area (Å²) in [4.78, 5) is 47.9. The number of amides is 3. The number of hydrogen-bond donors (Lipinski definition) is 4. The highest BCUT2D eigenvalue weighted by Gasteiger charge is 2.24. The Morgan fingerprint density at radius 3 is 2.38 bits per heavy atom. The minimum atomic E-state index is -1.13. The lowest BCUT2D eigenvalue weighted by Gasteiger charge is -2.23. The van der Waals surface area contributed by atoms with Gasteiger partial charge in [0.05, 0.1) is 0 Å². The van der Waals surface area contributed by atoms with Crippen LogP contribution >= 0.6 is 0 Å². The van der Waals surface area contributed by atoms with Gasteiger partial charge in [0.25, 0.3) is 0 Å². The third-order valence-electron chi connectivity index (χ3n) is 4.62. The predicted molar refractivity (Wildman–Crippen MR) is 135 cm³/mol. The molecule has 0 aliphatic rings. The zero-order valence-corrected chi connectivity index (χ0v) is 21.1. The minimum absolute atomic E-state index is 0.132. The molecule has 0 saturated carbocycles. The van der Waals surface area contributed by atoms with Crippen LogP contribution in [0.3, 0.4) is 0 Å². The molecule has 1 atom stereocenters. The van der Waals surface area contributed by atoms with Crippen LogP contribution in [0, 0.1) is 0 Å². The molecule has 0 heterocycles. The molecule has 0 aliphatic heterocycles. The highest BCUT2D eigenvalue weighted by Crippen LogP contribution is 2.18. The van der Waals surface area contributed by atoms with Crippen LogP contribution in [0.25, 0.3) is 0 Å². The Hall–Kier alpha value is -4.28. The van der Waals surface area contributed by atoms with E-state index in [1.165, 1.54) is 6.07 Å². The fourth-order valence-corrected chi connectivity index (χ4v) is 3.03. The normalized spacial score (nSPS) is 11.5. The summed E-state index contributed by atoms with van der Waals surface area (Å²) >= 11 is 0. The molecule has 11 nitrogen and oxygen atoms in total. The molecule has 0 bridgehead atoms. The molecule has 3 amide bonds. The first-order chi connectivity index (χ1) is 17.5. The number of nitrogens with one attached hydrogen (secondary N) is 3. The van der Waals surface area contributed by atoms with E-state index in [0.29, 0.717) is 12.1 Å². The number of hydrogen-bond acceptors (Lipinski definition) is 7.